The van der Waals surface area contributed by atoms with E-state index >= 15 is 0 Å². The fourth-order valence-corrected chi connectivity index (χ4v) is 2.96. The average Bonchev–Trinajstić information content (AvgIpc) is 2.64. The number of hydrogen-bond donors (Lipinski definition) is 2. The molecule has 1 aliphatic rings. The van der Waals surface area contributed by atoms with Gasteiger partial charge in [0.15, 0.2) is 0 Å². The zero-order valence-corrected chi connectivity index (χ0v) is 10.0. The van der Waals surface area contributed by atoms with Crippen LogP contribution in [0.2, 0.25) is 0 Å². The monoisotopic (exact) mass is 233 g/mol. The predicted molar refractivity (Wildman–Crippen MR) is 61.4 cm³/mol. The summed E-state index contributed by atoms with van der Waals surface area (Å²) in [6.07, 6.45) is 5.51. The molecular formula is C10H19NO3S. The van der Waals surface area contributed by atoms with Crippen LogP contribution >= 0.6 is 11.8 Å². The molecule has 5 heteroatoms. The molecule has 2 N–H and O–H groups in total. The third-order valence-electron chi connectivity index (χ3n) is 2.80. The molecule has 1 rings (SSSR count). The highest BCUT2D eigenvalue weighted by molar-refractivity contribution is 7.99. The van der Waals surface area contributed by atoms with Gasteiger partial charge in [-0.3, -0.25) is 10.1 Å². The van der Waals surface area contributed by atoms with E-state index in [0.29, 0.717) is 11.3 Å². The van der Waals surface area contributed by atoms with Crippen LogP contribution in [0.25, 0.3) is 0 Å². The second kappa shape index (κ2) is 6.35. The summed E-state index contributed by atoms with van der Waals surface area (Å²) >= 11 is 1.82. The zero-order chi connectivity index (χ0) is 11.3. The van der Waals surface area contributed by atoms with E-state index in [1.165, 1.54) is 20.0 Å². The second-order valence-electron chi connectivity index (χ2n) is 3.82. The summed E-state index contributed by atoms with van der Waals surface area (Å²) in [4.78, 5) is 10.9. The molecule has 0 bridgehead atoms. The van der Waals surface area contributed by atoms with Crippen molar-refractivity contribution in [3.63, 3.8) is 0 Å². The van der Waals surface area contributed by atoms with Crippen LogP contribution in [0, 0.1) is 0 Å². The van der Waals surface area contributed by atoms with E-state index < -0.39 is 12.0 Å². The Labute approximate surface area is 94.8 Å². The number of thioether (sulfide) groups is 1. The number of aliphatic carboxylic acids is 1. The Morgan fingerprint density at radius 1 is 1.67 bits per heavy atom. The lowest BCUT2D eigenvalue weighted by molar-refractivity contribution is -0.141. The molecule has 0 aliphatic heterocycles. The zero-order valence-electron chi connectivity index (χ0n) is 9.23. The molecule has 15 heavy (non-hydrogen) atoms. The molecule has 0 aromatic rings. The lowest BCUT2D eigenvalue weighted by atomic mass is 10.2. The van der Waals surface area contributed by atoms with Crippen molar-refractivity contribution in [1.82, 2.24) is 5.32 Å². The van der Waals surface area contributed by atoms with Crippen molar-refractivity contribution in [3.05, 3.63) is 0 Å². The summed E-state index contributed by atoms with van der Waals surface area (Å²) in [5.74, 6) is -0.830. The van der Waals surface area contributed by atoms with Gasteiger partial charge in [0.25, 0.3) is 0 Å². The highest BCUT2D eigenvalue weighted by Gasteiger charge is 2.30. The number of carboxylic acid groups (broad SMARTS) is 1. The van der Waals surface area contributed by atoms with Gasteiger partial charge in [0.1, 0.15) is 6.04 Å². The van der Waals surface area contributed by atoms with E-state index in [0.717, 1.165) is 6.42 Å². The third kappa shape index (κ3) is 3.66. The maximum Gasteiger partial charge on any atom is 0.323 e. The Balaban J connectivity index is 2.46. The number of carboxylic acids is 1. The minimum atomic E-state index is -0.830. The largest absolute Gasteiger partial charge is 0.480 e. The Hall–Kier alpha value is -0.260. The fraction of sp³-hybridized carbons (Fsp3) is 0.900. The highest BCUT2D eigenvalue weighted by Crippen LogP contribution is 2.28. The van der Waals surface area contributed by atoms with E-state index in [2.05, 4.69) is 11.6 Å². The van der Waals surface area contributed by atoms with Gasteiger partial charge in [-0.25, -0.2) is 0 Å². The summed E-state index contributed by atoms with van der Waals surface area (Å²) in [6.45, 7) is 0.229. The first kappa shape index (κ1) is 12.8. The van der Waals surface area contributed by atoms with Gasteiger partial charge in [0.05, 0.1) is 6.61 Å². The minimum absolute atomic E-state index is 0.229. The van der Waals surface area contributed by atoms with Crippen LogP contribution in [0.3, 0.4) is 0 Å². The summed E-state index contributed by atoms with van der Waals surface area (Å²) in [5, 5.41) is 12.7. The van der Waals surface area contributed by atoms with Crippen LogP contribution in [0.4, 0.5) is 0 Å². The molecule has 0 spiro atoms. The normalized spacial score (nSPS) is 27.9. The summed E-state index contributed by atoms with van der Waals surface area (Å²) < 4.78 is 4.89. The van der Waals surface area contributed by atoms with E-state index in [1.807, 2.05) is 11.8 Å². The molecule has 3 unspecified atom stereocenters. The van der Waals surface area contributed by atoms with Crippen molar-refractivity contribution in [2.24, 2.45) is 0 Å². The lowest BCUT2D eigenvalue weighted by Gasteiger charge is -2.23. The maximum absolute atomic E-state index is 10.9. The fourth-order valence-electron chi connectivity index (χ4n) is 2.01. The van der Waals surface area contributed by atoms with Gasteiger partial charge in [0, 0.05) is 18.4 Å². The Bertz CT molecular complexity index is 213. The van der Waals surface area contributed by atoms with Crippen molar-refractivity contribution in [2.45, 2.75) is 36.6 Å². The van der Waals surface area contributed by atoms with E-state index in [-0.39, 0.29) is 6.61 Å². The van der Waals surface area contributed by atoms with Crippen LogP contribution in [0.1, 0.15) is 19.3 Å². The van der Waals surface area contributed by atoms with Crippen LogP contribution in [0.15, 0.2) is 0 Å². The second-order valence-corrected chi connectivity index (χ2v) is 4.90. The Morgan fingerprint density at radius 2 is 2.40 bits per heavy atom. The quantitative estimate of drug-likeness (QED) is 0.715. The van der Waals surface area contributed by atoms with Gasteiger partial charge in [-0.2, -0.15) is 11.8 Å². The lowest BCUT2D eigenvalue weighted by Crippen LogP contribution is -2.48. The third-order valence-corrected chi connectivity index (χ3v) is 3.97. The van der Waals surface area contributed by atoms with E-state index in [9.17, 15) is 4.79 Å². The number of ether oxygens (including phenoxy) is 1. The summed E-state index contributed by atoms with van der Waals surface area (Å²) in [5.41, 5.74) is 0. The first-order chi connectivity index (χ1) is 7.19. The van der Waals surface area contributed by atoms with Gasteiger partial charge in [-0.15, -0.1) is 0 Å². The summed E-state index contributed by atoms with van der Waals surface area (Å²) in [7, 11) is 1.53. The highest BCUT2D eigenvalue weighted by atomic mass is 32.2. The van der Waals surface area contributed by atoms with Crippen LogP contribution in [-0.4, -0.2) is 48.4 Å². The number of hydrogen-bond acceptors (Lipinski definition) is 4. The molecule has 1 fully saturated rings. The molecule has 0 aromatic carbocycles. The van der Waals surface area contributed by atoms with E-state index in [4.69, 9.17) is 9.84 Å². The van der Waals surface area contributed by atoms with E-state index in [1.54, 1.807) is 0 Å². The summed E-state index contributed by atoms with van der Waals surface area (Å²) in [6, 6.07) is -0.260. The first-order valence-corrected chi connectivity index (χ1v) is 6.48. The molecule has 0 heterocycles. The molecular weight excluding hydrogens is 214 g/mol. The van der Waals surface area contributed by atoms with Crippen molar-refractivity contribution >= 4 is 17.7 Å². The number of rotatable bonds is 6. The number of nitrogens with one attached hydrogen (secondary N) is 1. The molecule has 4 nitrogen and oxygen atoms in total. The van der Waals surface area contributed by atoms with Crippen LogP contribution in [-0.2, 0) is 9.53 Å². The molecule has 1 saturated carbocycles. The molecule has 0 amide bonds. The maximum atomic E-state index is 10.9. The molecule has 1 aliphatic carbocycles. The average molecular weight is 233 g/mol. The van der Waals surface area contributed by atoms with Gasteiger partial charge < -0.3 is 9.84 Å². The molecule has 0 saturated heterocycles. The SMILES string of the molecule is COCC(NC1CCCC1SC)C(=O)O. The minimum Gasteiger partial charge on any atom is -0.480 e. The Morgan fingerprint density at radius 3 is 2.93 bits per heavy atom. The van der Waals surface area contributed by atoms with Crippen LogP contribution in [0.5, 0.6) is 0 Å². The standard InChI is InChI=1S/C10H19NO3S/c1-14-6-8(10(12)13)11-7-4-3-5-9(7)15-2/h7-9,11H,3-6H2,1-2H3,(H,12,13). The topological polar surface area (TPSA) is 58.6 Å². The molecule has 3 atom stereocenters. The van der Waals surface area contributed by atoms with Gasteiger partial charge >= 0.3 is 5.97 Å². The predicted octanol–water partition coefficient (Wildman–Crippen LogP) is 0.960. The smallest absolute Gasteiger partial charge is 0.323 e. The molecule has 0 aromatic heterocycles. The Kier molecular flexibility index (Phi) is 5.42. The van der Waals surface area contributed by atoms with Crippen molar-refractivity contribution in [1.29, 1.82) is 0 Å². The number of methoxy groups -OCH3 is 1. The molecule has 88 valence electrons. The van der Waals surface area contributed by atoms with Crippen LogP contribution < -0.4 is 5.32 Å². The van der Waals surface area contributed by atoms with Gasteiger partial charge in [0.2, 0.25) is 0 Å². The first-order valence-electron chi connectivity index (χ1n) is 5.19. The van der Waals surface area contributed by atoms with Gasteiger partial charge in [-0.1, -0.05) is 6.42 Å². The van der Waals surface area contributed by atoms with Crippen molar-refractivity contribution < 1.29 is 14.6 Å². The van der Waals surface area contributed by atoms with Crippen molar-refractivity contribution in [3.8, 4) is 0 Å². The molecule has 0 radical (unpaired) electrons. The number of carbonyl (C=O) groups is 1. The van der Waals surface area contributed by atoms with Crippen molar-refractivity contribution in [2.75, 3.05) is 20.0 Å². The van der Waals surface area contributed by atoms with Gasteiger partial charge in [-0.05, 0) is 19.1 Å².